The molecule has 0 atom stereocenters. The molecule has 0 fully saturated rings. The first kappa shape index (κ1) is 17.8. The SMILES string of the molecule is Cn1c(=O)c(Oc2ccccc2F)cc2cnc(NCCCCO)nc21. The summed E-state index contributed by atoms with van der Waals surface area (Å²) < 4.78 is 20.6. The molecule has 1 aromatic carbocycles. The quantitative estimate of drug-likeness (QED) is 0.631. The van der Waals surface area contributed by atoms with E-state index < -0.39 is 11.4 Å². The second-order valence-corrected chi connectivity index (χ2v) is 5.74. The molecule has 0 unspecified atom stereocenters. The minimum atomic E-state index is -0.548. The highest BCUT2D eigenvalue weighted by atomic mass is 19.1. The summed E-state index contributed by atoms with van der Waals surface area (Å²) in [6.45, 7) is 0.758. The van der Waals surface area contributed by atoms with Crippen molar-refractivity contribution < 1.29 is 14.2 Å². The maximum atomic E-state index is 13.8. The van der Waals surface area contributed by atoms with Crippen LogP contribution in [0.25, 0.3) is 11.0 Å². The Hall–Kier alpha value is -3.00. The van der Waals surface area contributed by atoms with Gasteiger partial charge in [-0.1, -0.05) is 12.1 Å². The topological polar surface area (TPSA) is 89.3 Å². The second-order valence-electron chi connectivity index (χ2n) is 5.74. The van der Waals surface area contributed by atoms with Crippen LogP contribution in [0.5, 0.6) is 11.5 Å². The minimum absolute atomic E-state index is 0.00245. The third-order valence-electron chi connectivity index (χ3n) is 3.84. The van der Waals surface area contributed by atoms with Crippen molar-refractivity contribution in [3.63, 3.8) is 0 Å². The van der Waals surface area contributed by atoms with Gasteiger partial charge in [0.15, 0.2) is 17.3 Å². The third-order valence-corrected chi connectivity index (χ3v) is 3.84. The molecule has 0 saturated carbocycles. The number of nitrogens with zero attached hydrogens (tertiary/aromatic N) is 3. The monoisotopic (exact) mass is 358 g/mol. The van der Waals surface area contributed by atoms with Gasteiger partial charge in [-0.05, 0) is 31.0 Å². The van der Waals surface area contributed by atoms with Crippen molar-refractivity contribution in [2.45, 2.75) is 12.8 Å². The molecule has 2 aromatic heterocycles. The number of aliphatic hydroxyl groups is 1. The number of aromatic nitrogens is 3. The molecule has 0 spiro atoms. The lowest BCUT2D eigenvalue weighted by molar-refractivity contribution is 0.286. The summed E-state index contributed by atoms with van der Waals surface area (Å²) in [5.74, 6) is -0.175. The summed E-state index contributed by atoms with van der Waals surface area (Å²) in [6, 6.07) is 7.39. The van der Waals surface area contributed by atoms with E-state index in [4.69, 9.17) is 9.84 Å². The highest BCUT2D eigenvalue weighted by molar-refractivity contribution is 5.76. The largest absolute Gasteiger partial charge is 0.448 e. The lowest BCUT2D eigenvalue weighted by Gasteiger charge is -2.11. The molecular formula is C18H19FN4O3. The fourth-order valence-corrected chi connectivity index (χ4v) is 2.46. The van der Waals surface area contributed by atoms with Crippen molar-refractivity contribution >= 4 is 17.0 Å². The number of nitrogens with one attached hydrogen (secondary N) is 1. The Morgan fingerprint density at radius 2 is 2.08 bits per heavy atom. The number of aliphatic hydroxyl groups excluding tert-OH is 1. The Bertz CT molecular complexity index is 974. The molecule has 0 saturated heterocycles. The van der Waals surface area contributed by atoms with Crippen LogP contribution in [-0.2, 0) is 7.05 Å². The zero-order chi connectivity index (χ0) is 18.5. The average molecular weight is 358 g/mol. The lowest BCUT2D eigenvalue weighted by atomic mass is 10.3. The summed E-state index contributed by atoms with van der Waals surface area (Å²) >= 11 is 0. The molecule has 0 aliphatic heterocycles. The maximum Gasteiger partial charge on any atom is 0.294 e. The van der Waals surface area contributed by atoms with Gasteiger partial charge in [-0.25, -0.2) is 9.37 Å². The van der Waals surface area contributed by atoms with Gasteiger partial charge in [-0.2, -0.15) is 4.98 Å². The lowest BCUT2D eigenvalue weighted by Crippen LogP contribution is -2.20. The Labute approximate surface area is 149 Å². The number of para-hydroxylation sites is 1. The highest BCUT2D eigenvalue weighted by Gasteiger charge is 2.13. The van der Waals surface area contributed by atoms with Gasteiger partial charge in [0.1, 0.15) is 5.65 Å². The van der Waals surface area contributed by atoms with Crippen LogP contribution in [0.15, 0.2) is 41.3 Å². The molecule has 0 aliphatic carbocycles. The number of rotatable bonds is 7. The van der Waals surface area contributed by atoms with Crippen molar-refractivity contribution in [2.24, 2.45) is 7.05 Å². The van der Waals surface area contributed by atoms with Gasteiger partial charge in [0, 0.05) is 31.8 Å². The fraction of sp³-hybridized carbons (Fsp3) is 0.278. The van der Waals surface area contributed by atoms with E-state index in [1.165, 1.54) is 22.8 Å². The minimum Gasteiger partial charge on any atom is -0.448 e. The van der Waals surface area contributed by atoms with E-state index in [-0.39, 0.29) is 18.1 Å². The van der Waals surface area contributed by atoms with Gasteiger partial charge < -0.3 is 15.2 Å². The molecule has 0 radical (unpaired) electrons. The van der Waals surface area contributed by atoms with Crippen LogP contribution in [0.3, 0.4) is 0 Å². The molecule has 0 bridgehead atoms. The smallest absolute Gasteiger partial charge is 0.294 e. The van der Waals surface area contributed by atoms with Gasteiger partial charge >= 0.3 is 0 Å². The van der Waals surface area contributed by atoms with Crippen LogP contribution in [0.4, 0.5) is 10.3 Å². The van der Waals surface area contributed by atoms with Crippen LogP contribution >= 0.6 is 0 Å². The van der Waals surface area contributed by atoms with Crippen molar-refractivity contribution in [3.05, 3.63) is 52.7 Å². The molecule has 2 N–H and O–H groups in total. The highest BCUT2D eigenvalue weighted by Crippen LogP contribution is 2.23. The standard InChI is InChI=1S/C18H19FN4O3/c1-23-16-12(11-21-18(22-16)20-8-4-5-9-24)10-15(17(23)25)26-14-7-3-2-6-13(14)19/h2-3,6-7,10-11,24H,4-5,8-9H2,1H3,(H,20,21,22). The molecular weight excluding hydrogens is 339 g/mol. The zero-order valence-corrected chi connectivity index (χ0v) is 14.3. The molecule has 8 heteroatoms. The van der Waals surface area contributed by atoms with E-state index in [9.17, 15) is 9.18 Å². The second kappa shape index (κ2) is 7.92. The number of aryl methyl sites for hydroxylation is 1. The summed E-state index contributed by atoms with van der Waals surface area (Å²) in [7, 11) is 1.57. The number of hydrogen-bond donors (Lipinski definition) is 2. The summed E-state index contributed by atoms with van der Waals surface area (Å²) in [5, 5.41) is 12.4. The summed E-state index contributed by atoms with van der Waals surface area (Å²) in [6.07, 6.45) is 3.05. The molecule has 3 rings (SSSR count). The molecule has 3 aromatic rings. The summed E-state index contributed by atoms with van der Waals surface area (Å²) in [5.41, 5.74) is 0.0150. The van der Waals surface area contributed by atoms with Gasteiger partial charge in [0.2, 0.25) is 5.95 Å². The molecule has 136 valence electrons. The maximum absolute atomic E-state index is 13.8. The van der Waals surface area contributed by atoms with E-state index >= 15 is 0 Å². The van der Waals surface area contributed by atoms with Crippen LogP contribution in [-0.4, -0.2) is 32.8 Å². The number of pyridine rings is 1. The van der Waals surface area contributed by atoms with E-state index in [2.05, 4.69) is 15.3 Å². The van der Waals surface area contributed by atoms with Crippen LogP contribution in [0, 0.1) is 5.82 Å². The first-order chi connectivity index (χ1) is 12.6. The first-order valence-corrected chi connectivity index (χ1v) is 8.24. The fourth-order valence-electron chi connectivity index (χ4n) is 2.46. The number of ether oxygens (including phenoxy) is 1. The Kier molecular flexibility index (Phi) is 5.43. The van der Waals surface area contributed by atoms with E-state index in [1.54, 1.807) is 25.4 Å². The van der Waals surface area contributed by atoms with Crippen LogP contribution < -0.4 is 15.6 Å². The summed E-state index contributed by atoms with van der Waals surface area (Å²) in [4.78, 5) is 21.1. The normalized spacial score (nSPS) is 10.9. The molecule has 2 heterocycles. The number of unbranched alkanes of at least 4 members (excludes halogenated alkanes) is 1. The zero-order valence-electron chi connectivity index (χ0n) is 14.3. The molecule has 0 amide bonds. The predicted molar refractivity (Wildman–Crippen MR) is 96.1 cm³/mol. The Balaban J connectivity index is 1.90. The molecule has 7 nitrogen and oxygen atoms in total. The third kappa shape index (κ3) is 3.80. The van der Waals surface area contributed by atoms with E-state index in [0.29, 0.717) is 29.9 Å². The van der Waals surface area contributed by atoms with Crippen molar-refractivity contribution in [1.82, 2.24) is 14.5 Å². The van der Waals surface area contributed by atoms with Gasteiger partial charge in [-0.15, -0.1) is 0 Å². The predicted octanol–water partition coefficient (Wildman–Crippen LogP) is 2.44. The molecule has 0 aliphatic rings. The van der Waals surface area contributed by atoms with E-state index in [1.807, 2.05) is 0 Å². The van der Waals surface area contributed by atoms with Gasteiger partial charge in [-0.3, -0.25) is 9.36 Å². The van der Waals surface area contributed by atoms with Crippen LogP contribution in [0.1, 0.15) is 12.8 Å². The van der Waals surface area contributed by atoms with E-state index in [0.717, 1.165) is 6.42 Å². The molecule has 26 heavy (non-hydrogen) atoms. The van der Waals surface area contributed by atoms with Gasteiger partial charge in [0.05, 0.1) is 0 Å². The van der Waals surface area contributed by atoms with Crippen molar-refractivity contribution in [3.8, 4) is 11.5 Å². The average Bonchev–Trinajstić information content (AvgIpc) is 2.65. The number of fused-ring (bicyclic) bond motifs is 1. The Morgan fingerprint density at radius 3 is 2.85 bits per heavy atom. The van der Waals surface area contributed by atoms with Crippen LogP contribution in [0.2, 0.25) is 0 Å². The number of anilines is 1. The van der Waals surface area contributed by atoms with Crippen molar-refractivity contribution in [2.75, 3.05) is 18.5 Å². The van der Waals surface area contributed by atoms with Gasteiger partial charge in [0.25, 0.3) is 5.56 Å². The number of halogens is 1. The number of hydrogen-bond acceptors (Lipinski definition) is 6. The first-order valence-electron chi connectivity index (χ1n) is 8.24. The Morgan fingerprint density at radius 1 is 1.27 bits per heavy atom. The number of benzene rings is 1. The van der Waals surface area contributed by atoms with Crippen molar-refractivity contribution in [1.29, 1.82) is 0 Å².